The molecule has 0 bridgehead atoms. The third-order valence-corrected chi connectivity index (χ3v) is 4.43. The van der Waals surface area contributed by atoms with Gasteiger partial charge in [0.2, 0.25) is 17.7 Å². The molecule has 0 aromatic carbocycles. The largest absolute Gasteiger partial charge is 0.480 e. The molecule has 0 saturated carbocycles. The van der Waals surface area contributed by atoms with Gasteiger partial charge in [0, 0.05) is 0 Å². The lowest BCUT2D eigenvalue weighted by molar-refractivity contribution is -0.138. The van der Waals surface area contributed by atoms with Gasteiger partial charge >= 0.3 is 5.97 Å². The quantitative estimate of drug-likeness (QED) is 0.320. The second kappa shape index (κ2) is 10.9. The van der Waals surface area contributed by atoms with Crippen molar-refractivity contribution in [2.24, 2.45) is 0 Å². The molecular weight excluding hydrogens is 348 g/mol. The number of carboxylic acid groups (broad SMARTS) is 1. The van der Waals surface area contributed by atoms with E-state index in [4.69, 9.17) is 5.11 Å². The van der Waals surface area contributed by atoms with Crippen LogP contribution < -0.4 is 21.3 Å². The number of nitrogens with one attached hydrogen (secondary N) is 4. The van der Waals surface area contributed by atoms with Gasteiger partial charge in [-0.3, -0.25) is 19.2 Å². The first-order valence-corrected chi connectivity index (χ1v) is 9.57. The van der Waals surface area contributed by atoms with E-state index in [1.165, 1.54) is 11.8 Å². The van der Waals surface area contributed by atoms with Crippen molar-refractivity contribution in [1.82, 2.24) is 21.3 Å². The SMILES string of the molecule is CSCCC(NC(=O)C(C)NC(=O)C1CCCN1)C(=O)NCC(=O)O. The van der Waals surface area contributed by atoms with Crippen LogP contribution in [0.3, 0.4) is 0 Å². The van der Waals surface area contributed by atoms with Crippen molar-refractivity contribution >= 4 is 35.5 Å². The van der Waals surface area contributed by atoms with E-state index in [9.17, 15) is 19.2 Å². The predicted molar refractivity (Wildman–Crippen MR) is 94.2 cm³/mol. The van der Waals surface area contributed by atoms with Crippen molar-refractivity contribution in [2.75, 3.05) is 25.1 Å². The van der Waals surface area contributed by atoms with E-state index >= 15 is 0 Å². The van der Waals surface area contributed by atoms with Crippen LogP contribution in [0.25, 0.3) is 0 Å². The van der Waals surface area contributed by atoms with Crippen molar-refractivity contribution in [3.8, 4) is 0 Å². The van der Waals surface area contributed by atoms with E-state index in [0.29, 0.717) is 12.2 Å². The number of aliphatic carboxylic acids is 1. The third-order valence-electron chi connectivity index (χ3n) is 3.79. The second-order valence-electron chi connectivity index (χ2n) is 5.83. The zero-order valence-electron chi connectivity index (χ0n) is 14.5. The van der Waals surface area contributed by atoms with E-state index in [1.807, 2.05) is 6.26 Å². The summed E-state index contributed by atoms with van der Waals surface area (Å²) in [5.74, 6) is -1.81. The molecule has 25 heavy (non-hydrogen) atoms. The minimum atomic E-state index is -1.16. The van der Waals surface area contributed by atoms with Crippen LogP contribution in [-0.2, 0) is 19.2 Å². The van der Waals surface area contributed by atoms with Gasteiger partial charge in [-0.15, -0.1) is 0 Å². The minimum Gasteiger partial charge on any atom is -0.480 e. The number of carboxylic acids is 1. The highest BCUT2D eigenvalue weighted by Crippen LogP contribution is 2.05. The molecule has 3 amide bonds. The minimum absolute atomic E-state index is 0.240. The summed E-state index contributed by atoms with van der Waals surface area (Å²) in [4.78, 5) is 46.9. The average molecular weight is 374 g/mol. The number of rotatable bonds is 10. The van der Waals surface area contributed by atoms with E-state index in [0.717, 1.165) is 19.4 Å². The molecule has 0 aromatic heterocycles. The number of carbonyl (C=O) groups excluding carboxylic acids is 3. The summed E-state index contributed by atoms with van der Waals surface area (Å²) in [5.41, 5.74) is 0. The van der Waals surface area contributed by atoms with E-state index in [2.05, 4.69) is 21.3 Å². The summed E-state index contributed by atoms with van der Waals surface area (Å²) >= 11 is 1.51. The monoisotopic (exact) mass is 374 g/mol. The Morgan fingerprint density at radius 3 is 2.52 bits per heavy atom. The van der Waals surface area contributed by atoms with Gasteiger partial charge in [0.15, 0.2) is 0 Å². The van der Waals surface area contributed by atoms with Crippen molar-refractivity contribution < 1.29 is 24.3 Å². The van der Waals surface area contributed by atoms with Crippen molar-refractivity contribution in [3.05, 3.63) is 0 Å². The van der Waals surface area contributed by atoms with Gasteiger partial charge in [-0.05, 0) is 44.7 Å². The molecule has 0 aliphatic carbocycles. The molecule has 0 spiro atoms. The van der Waals surface area contributed by atoms with Gasteiger partial charge < -0.3 is 26.4 Å². The van der Waals surface area contributed by atoms with Crippen LogP contribution >= 0.6 is 11.8 Å². The highest BCUT2D eigenvalue weighted by molar-refractivity contribution is 7.98. The molecule has 142 valence electrons. The summed E-state index contributed by atoms with van der Waals surface area (Å²) in [5, 5.41) is 19.1. The Hall–Kier alpha value is -1.81. The molecular formula is C15H26N4O5S. The Morgan fingerprint density at radius 1 is 1.24 bits per heavy atom. The van der Waals surface area contributed by atoms with Crippen LogP contribution in [0.15, 0.2) is 0 Å². The zero-order chi connectivity index (χ0) is 18.8. The van der Waals surface area contributed by atoms with E-state index in [1.54, 1.807) is 6.92 Å². The molecule has 9 nitrogen and oxygen atoms in total. The normalized spacial score (nSPS) is 18.9. The van der Waals surface area contributed by atoms with Gasteiger partial charge in [0.05, 0.1) is 6.04 Å². The molecule has 3 atom stereocenters. The lowest BCUT2D eigenvalue weighted by atomic mass is 10.1. The van der Waals surface area contributed by atoms with Crippen molar-refractivity contribution in [1.29, 1.82) is 0 Å². The average Bonchev–Trinajstić information content (AvgIpc) is 3.10. The zero-order valence-corrected chi connectivity index (χ0v) is 15.3. The summed E-state index contributed by atoms with van der Waals surface area (Å²) in [7, 11) is 0. The van der Waals surface area contributed by atoms with Gasteiger partial charge in [-0.1, -0.05) is 0 Å². The molecule has 1 aliphatic heterocycles. The van der Waals surface area contributed by atoms with Gasteiger partial charge in [0.25, 0.3) is 0 Å². The standard InChI is InChI=1S/C15H26N4O5S/c1-9(18-15(24)10-4-3-6-16-10)13(22)19-11(5-7-25-2)14(23)17-8-12(20)21/h9-11,16H,3-8H2,1-2H3,(H,17,23)(H,18,24)(H,19,22)(H,20,21). The smallest absolute Gasteiger partial charge is 0.322 e. The first-order chi connectivity index (χ1) is 11.8. The fourth-order valence-corrected chi connectivity index (χ4v) is 2.85. The Bertz CT molecular complexity index is 496. The maximum atomic E-state index is 12.3. The lowest BCUT2D eigenvalue weighted by Crippen LogP contribution is -2.55. The number of hydrogen-bond donors (Lipinski definition) is 5. The number of carbonyl (C=O) groups is 4. The molecule has 1 saturated heterocycles. The molecule has 5 N–H and O–H groups in total. The van der Waals surface area contributed by atoms with Gasteiger partial charge in [0.1, 0.15) is 18.6 Å². The molecule has 1 heterocycles. The van der Waals surface area contributed by atoms with Crippen LogP contribution in [0.1, 0.15) is 26.2 Å². The Balaban J connectivity index is 2.54. The van der Waals surface area contributed by atoms with E-state index < -0.39 is 36.4 Å². The fourth-order valence-electron chi connectivity index (χ4n) is 2.38. The number of amides is 3. The van der Waals surface area contributed by atoms with Crippen LogP contribution in [-0.4, -0.2) is 72.0 Å². The van der Waals surface area contributed by atoms with Crippen LogP contribution in [0.2, 0.25) is 0 Å². The highest BCUT2D eigenvalue weighted by Gasteiger charge is 2.27. The topological polar surface area (TPSA) is 137 Å². The third kappa shape index (κ3) is 7.74. The van der Waals surface area contributed by atoms with Crippen molar-refractivity contribution in [2.45, 2.75) is 44.3 Å². The lowest BCUT2D eigenvalue weighted by Gasteiger charge is -2.21. The first kappa shape index (κ1) is 21.2. The van der Waals surface area contributed by atoms with Crippen LogP contribution in [0.4, 0.5) is 0 Å². The van der Waals surface area contributed by atoms with Crippen molar-refractivity contribution in [3.63, 3.8) is 0 Å². The number of hydrogen-bond acceptors (Lipinski definition) is 6. The summed E-state index contributed by atoms with van der Waals surface area (Å²) in [6.07, 6.45) is 3.88. The van der Waals surface area contributed by atoms with E-state index in [-0.39, 0.29) is 11.9 Å². The Kier molecular flexibility index (Phi) is 9.28. The molecule has 1 aliphatic rings. The molecule has 0 aromatic rings. The molecule has 1 fully saturated rings. The van der Waals surface area contributed by atoms with Gasteiger partial charge in [-0.25, -0.2) is 0 Å². The highest BCUT2D eigenvalue weighted by atomic mass is 32.2. The first-order valence-electron chi connectivity index (χ1n) is 8.17. The Morgan fingerprint density at radius 2 is 1.96 bits per heavy atom. The second-order valence-corrected chi connectivity index (χ2v) is 6.82. The molecule has 10 heteroatoms. The van der Waals surface area contributed by atoms with Gasteiger partial charge in [-0.2, -0.15) is 11.8 Å². The summed E-state index contributed by atoms with van der Waals surface area (Å²) in [6.45, 7) is 1.81. The summed E-state index contributed by atoms with van der Waals surface area (Å²) in [6, 6.07) is -1.93. The molecule has 3 unspecified atom stereocenters. The number of thioether (sulfide) groups is 1. The maximum absolute atomic E-state index is 12.3. The predicted octanol–water partition coefficient (Wildman–Crippen LogP) is -1.32. The fraction of sp³-hybridized carbons (Fsp3) is 0.733. The molecule has 1 rings (SSSR count). The summed E-state index contributed by atoms with van der Waals surface area (Å²) < 4.78 is 0. The maximum Gasteiger partial charge on any atom is 0.322 e. The molecule has 0 radical (unpaired) electrons. The van der Waals surface area contributed by atoms with Crippen LogP contribution in [0, 0.1) is 0 Å². The Labute approximate surface area is 151 Å². The van der Waals surface area contributed by atoms with Crippen LogP contribution in [0.5, 0.6) is 0 Å².